The highest BCUT2D eigenvalue weighted by Crippen LogP contribution is 2.26. The second-order valence-corrected chi connectivity index (χ2v) is 5.27. The fourth-order valence-electron chi connectivity index (χ4n) is 1.74. The zero-order chi connectivity index (χ0) is 12.8. The number of rotatable bonds is 6. The summed E-state index contributed by atoms with van der Waals surface area (Å²) in [4.78, 5) is 0. The zero-order valence-electron chi connectivity index (χ0n) is 10.6. The van der Waals surface area contributed by atoms with Crippen LogP contribution >= 0.6 is 11.8 Å². The maximum Gasteiger partial charge on any atom is 0.209 e. The minimum Gasteiger partial charge on any atom is -0.380 e. The Balaban J connectivity index is 1.93. The molecule has 0 aromatic carbocycles. The molecular weight excluding hydrogens is 256 g/mol. The number of tetrazole rings is 1. The number of nitrogens with zero attached hydrogens (tertiary/aromatic N) is 4. The minimum atomic E-state index is -0.338. The Morgan fingerprint density at radius 3 is 3.00 bits per heavy atom. The van der Waals surface area contributed by atoms with Crippen LogP contribution < -0.4 is 0 Å². The summed E-state index contributed by atoms with van der Waals surface area (Å²) < 4.78 is 17.4. The maximum atomic E-state index is 5.45. The van der Waals surface area contributed by atoms with Crippen molar-refractivity contribution in [2.24, 2.45) is 0 Å². The highest BCUT2D eigenvalue weighted by atomic mass is 32.2. The molecular formula is C10H18N4O3S. The van der Waals surface area contributed by atoms with E-state index < -0.39 is 0 Å². The summed E-state index contributed by atoms with van der Waals surface area (Å²) in [6.45, 7) is 2.10. The largest absolute Gasteiger partial charge is 0.380 e. The van der Waals surface area contributed by atoms with Crippen molar-refractivity contribution < 1.29 is 14.2 Å². The van der Waals surface area contributed by atoms with E-state index in [1.807, 2.05) is 0 Å². The first-order valence-corrected chi connectivity index (χ1v) is 6.77. The topological polar surface area (TPSA) is 71.3 Å². The van der Waals surface area contributed by atoms with E-state index in [1.54, 1.807) is 30.7 Å². The van der Waals surface area contributed by atoms with Gasteiger partial charge in [0.25, 0.3) is 0 Å². The van der Waals surface area contributed by atoms with Gasteiger partial charge in [-0.25, -0.2) is 4.68 Å². The lowest BCUT2D eigenvalue weighted by Crippen LogP contribution is -2.23. The molecule has 1 aromatic heterocycles. The van der Waals surface area contributed by atoms with E-state index in [-0.39, 0.29) is 6.29 Å². The average Bonchev–Trinajstić information content (AvgIpc) is 2.84. The van der Waals surface area contributed by atoms with E-state index in [1.165, 1.54) is 0 Å². The first-order chi connectivity index (χ1) is 8.83. The van der Waals surface area contributed by atoms with Crippen molar-refractivity contribution in [3.05, 3.63) is 0 Å². The second kappa shape index (κ2) is 7.03. The Morgan fingerprint density at radius 2 is 2.33 bits per heavy atom. The zero-order valence-corrected chi connectivity index (χ0v) is 11.4. The van der Waals surface area contributed by atoms with Crippen molar-refractivity contribution in [3.8, 4) is 0 Å². The molecule has 0 aliphatic carbocycles. The van der Waals surface area contributed by atoms with Crippen molar-refractivity contribution in [2.75, 3.05) is 27.4 Å². The third-order valence-electron chi connectivity index (χ3n) is 2.74. The highest BCUT2D eigenvalue weighted by Gasteiger charge is 2.20. The van der Waals surface area contributed by atoms with E-state index >= 15 is 0 Å². The van der Waals surface area contributed by atoms with Crippen LogP contribution in [0.4, 0.5) is 0 Å². The van der Waals surface area contributed by atoms with Crippen molar-refractivity contribution in [2.45, 2.75) is 36.1 Å². The average molecular weight is 274 g/mol. The van der Waals surface area contributed by atoms with E-state index in [2.05, 4.69) is 15.5 Å². The maximum absolute atomic E-state index is 5.45. The third kappa shape index (κ3) is 3.64. The monoisotopic (exact) mass is 274 g/mol. The summed E-state index contributed by atoms with van der Waals surface area (Å²) in [5.74, 6) is 0. The molecule has 8 heteroatoms. The molecule has 7 nitrogen and oxygen atoms in total. The molecule has 0 spiro atoms. The van der Waals surface area contributed by atoms with Crippen LogP contribution in [0.5, 0.6) is 0 Å². The van der Waals surface area contributed by atoms with E-state index in [4.69, 9.17) is 14.2 Å². The van der Waals surface area contributed by atoms with Gasteiger partial charge in [-0.3, -0.25) is 0 Å². The Hall–Kier alpha value is -0.700. The van der Waals surface area contributed by atoms with Gasteiger partial charge in [-0.1, -0.05) is 11.8 Å². The molecule has 0 bridgehead atoms. The van der Waals surface area contributed by atoms with E-state index in [9.17, 15) is 0 Å². The molecule has 0 saturated carbocycles. The predicted octanol–water partition coefficient (Wildman–Crippen LogP) is 0.563. The SMILES string of the molecule is COC(Cn1nnnc1SC1CCCOC1)OC. The normalized spacial score (nSPS) is 20.5. The predicted molar refractivity (Wildman–Crippen MR) is 65.3 cm³/mol. The summed E-state index contributed by atoms with van der Waals surface area (Å²) in [6, 6.07) is 0. The fourth-order valence-corrected chi connectivity index (χ4v) is 2.80. The smallest absolute Gasteiger partial charge is 0.209 e. The summed E-state index contributed by atoms with van der Waals surface area (Å²) >= 11 is 1.65. The van der Waals surface area contributed by atoms with Crippen molar-refractivity contribution in [1.82, 2.24) is 20.2 Å². The van der Waals surface area contributed by atoms with Gasteiger partial charge in [0.2, 0.25) is 5.16 Å². The standard InChI is InChI=1S/C10H18N4O3S/c1-15-9(16-2)6-14-10(11-12-13-14)18-8-4-3-5-17-7-8/h8-9H,3-7H2,1-2H3. The van der Waals surface area contributed by atoms with Gasteiger partial charge < -0.3 is 14.2 Å². The van der Waals surface area contributed by atoms with Crippen LogP contribution in [0.3, 0.4) is 0 Å². The number of thioether (sulfide) groups is 1. The summed E-state index contributed by atoms with van der Waals surface area (Å²) in [5, 5.41) is 12.9. The molecule has 1 fully saturated rings. The lowest BCUT2D eigenvalue weighted by Gasteiger charge is -2.21. The van der Waals surface area contributed by atoms with Crippen LogP contribution in [0.25, 0.3) is 0 Å². The molecule has 2 rings (SSSR count). The Bertz CT molecular complexity index is 353. The summed E-state index contributed by atoms with van der Waals surface area (Å²) in [7, 11) is 3.20. The first-order valence-electron chi connectivity index (χ1n) is 5.89. The van der Waals surface area contributed by atoms with Gasteiger partial charge >= 0.3 is 0 Å². The van der Waals surface area contributed by atoms with Crippen LogP contribution in [-0.4, -0.2) is 59.2 Å². The van der Waals surface area contributed by atoms with Gasteiger partial charge in [-0.05, 0) is 23.3 Å². The molecule has 1 atom stereocenters. The Kier molecular flexibility index (Phi) is 5.36. The summed E-state index contributed by atoms with van der Waals surface area (Å²) in [5.41, 5.74) is 0. The Morgan fingerprint density at radius 1 is 1.50 bits per heavy atom. The molecule has 1 aromatic rings. The Labute approximate surface area is 110 Å². The van der Waals surface area contributed by atoms with Crippen molar-refractivity contribution in [3.63, 3.8) is 0 Å². The molecule has 1 aliphatic rings. The van der Waals surface area contributed by atoms with Crippen LogP contribution in [0, 0.1) is 0 Å². The van der Waals surface area contributed by atoms with Gasteiger partial charge in [0.05, 0.1) is 13.2 Å². The quantitative estimate of drug-likeness (QED) is 0.702. The lowest BCUT2D eigenvalue weighted by atomic mass is 10.2. The van der Waals surface area contributed by atoms with Gasteiger partial charge in [-0.15, -0.1) is 5.10 Å². The number of ether oxygens (including phenoxy) is 3. The molecule has 1 aliphatic heterocycles. The highest BCUT2D eigenvalue weighted by molar-refractivity contribution is 7.99. The number of hydrogen-bond donors (Lipinski definition) is 0. The van der Waals surface area contributed by atoms with Crippen LogP contribution in [0.15, 0.2) is 5.16 Å². The minimum absolute atomic E-state index is 0.338. The molecule has 1 saturated heterocycles. The second-order valence-electron chi connectivity index (χ2n) is 4.00. The van der Waals surface area contributed by atoms with E-state index in [0.29, 0.717) is 11.8 Å². The molecule has 102 valence electrons. The first kappa shape index (κ1) is 13.7. The van der Waals surface area contributed by atoms with Gasteiger partial charge in [0.15, 0.2) is 6.29 Å². The number of methoxy groups -OCH3 is 2. The van der Waals surface area contributed by atoms with Gasteiger partial charge in [-0.2, -0.15) is 0 Å². The molecule has 1 unspecified atom stereocenters. The molecule has 0 amide bonds. The molecule has 18 heavy (non-hydrogen) atoms. The molecule has 2 heterocycles. The van der Waals surface area contributed by atoms with Crippen LogP contribution in [0.1, 0.15) is 12.8 Å². The van der Waals surface area contributed by atoms with Gasteiger partial charge in [0, 0.05) is 26.1 Å². The lowest BCUT2D eigenvalue weighted by molar-refractivity contribution is -0.113. The third-order valence-corrected chi connectivity index (χ3v) is 3.95. The number of aromatic nitrogens is 4. The fraction of sp³-hybridized carbons (Fsp3) is 0.900. The van der Waals surface area contributed by atoms with Crippen molar-refractivity contribution in [1.29, 1.82) is 0 Å². The molecule has 0 N–H and O–H groups in total. The van der Waals surface area contributed by atoms with Crippen LogP contribution in [-0.2, 0) is 20.8 Å². The van der Waals surface area contributed by atoms with Crippen LogP contribution in [0.2, 0.25) is 0 Å². The van der Waals surface area contributed by atoms with Crippen molar-refractivity contribution >= 4 is 11.8 Å². The molecule has 0 radical (unpaired) electrons. The van der Waals surface area contributed by atoms with Gasteiger partial charge in [0.1, 0.15) is 0 Å². The summed E-state index contributed by atoms with van der Waals surface area (Å²) in [6.07, 6.45) is 1.89. The number of hydrogen-bond acceptors (Lipinski definition) is 7. The van der Waals surface area contributed by atoms with E-state index in [0.717, 1.165) is 31.2 Å².